The average Bonchev–Trinajstić information content (AvgIpc) is 2.41. The average molecular weight is 273 g/mol. The number of Topliss-reactive ketones (excluding diaryl/α,β-unsaturated/α-hetero) is 1. The van der Waals surface area contributed by atoms with Gasteiger partial charge in [0, 0.05) is 11.1 Å². The number of ketones is 1. The summed E-state index contributed by atoms with van der Waals surface area (Å²) >= 11 is 0. The molecule has 1 amide bonds. The largest absolute Gasteiger partial charge is 0.454 e. The lowest BCUT2D eigenvalue weighted by Gasteiger charge is -2.08. The summed E-state index contributed by atoms with van der Waals surface area (Å²) in [7, 11) is 0. The molecule has 0 saturated heterocycles. The number of hydrogen-bond donors (Lipinski definition) is 1. The van der Waals surface area contributed by atoms with Crippen LogP contribution in [-0.2, 0) is 0 Å². The van der Waals surface area contributed by atoms with Gasteiger partial charge in [0.1, 0.15) is 5.75 Å². The molecule has 0 aliphatic rings. The van der Waals surface area contributed by atoms with E-state index in [-0.39, 0.29) is 17.1 Å². The van der Waals surface area contributed by atoms with Gasteiger partial charge in [-0.2, -0.15) is 0 Å². The van der Waals surface area contributed by atoms with Crippen LogP contribution in [-0.4, -0.2) is 11.7 Å². The number of amides is 1. The first kappa shape index (κ1) is 13.7. The van der Waals surface area contributed by atoms with Crippen LogP contribution in [0.1, 0.15) is 27.6 Å². The van der Waals surface area contributed by atoms with Gasteiger partial charge in [0.05, 0.1) is 0 Å². The molecule has 4 nitrogen and oxygen atoms in total. The van der Waals surface area contributed by atoms with Gasteiger partial charge in [-0.05, 0) is 49.4 Å². The molecule has 0 radical (unpaired) electrons. The van der Waals surface area contributed by atoms with Crippen LogP contribution in [0.4, 0.5) is 4.39 Å². The van der Waals surface area contributed by atoms with Crippen molar-refractivity contribution in [2.75, 3.05) is 0 Å². The Kier molecular flexibility index (Phi) is 3.79. The quantitative estimate of drug-likeness (QED) is 0.871. The van der Waals surface area contributed by atoms with E-state index >= 15 is 0 Å². The Balaban J connectivity index is 2.21. The highest BCUT2D eigenvalue weighted by Gasteiger charge is 2.09. The summed E-state index contributed by atoms with van der Waals surface area (Å²) < 4.78 is 19.1. The van der Waals surface area contributed by atoms with Crippen molar-refractivity contribution in [2.45, 2.75) is 6.92 Å². The summed E-state index contributed by atoms with van der Waals surface area (Å²) in [6, 6.07) is 9.98. The van der Waals surface area contributed by atoms with Crippen LogP contribution in [0, 0.1) is 5.82 Å². The highest BCUT2D eigenvalue weighted by Crippen LogP contribution is 2.25. The Morgan fingerprint density at radius 2 is 1.65 bits per heavy atom. The molecule has 2 rings (SSSR count). The minimum atomic E-state index is -0.628. The van der Waals surface area contributed by atoms with E-state index in [1.165, 1.54) is 43.3 Å². The first-order chi connectivity index (χ1) is 9.47. The molecule has 2 aromatic carbocycles. The first-order valence-electron chi connectivity index (χ1n) is 5.85. The van der Waals surface area contributed by atoms with Crippen molar-refractivity contribution in [3.05, 3.63) is 59.4 Å². The summed E-state index contributed by atoms with van der Waals surface area (Å²) in [6.07, 6.45) is 0. The fourth-order valence-electron chi connectivity index (χ4n) is 1.62. The topological polar surface area (TPSA) is 69.4 Å². The van der Waals surface area contributed by atoms with Crippen LogP contribution in [0.5, 0.6) is 11.5 Å². The Hall–Kier alpha value is -2.69. The molecule has 0 unspecified atom stereocenters. The van der Waals surface area contributed by atoms with Gasteiger partial charge in [-0.25, -0.2) is 4.39 Å². The van der Waals surface area contributed by atoms with Gasteiger partial charge in [-0.15, -0.1) is 0 Å². The molecule has 2 aromatic rings. The summed E-state index contributed by atoms with van der Waals surface area (Å²) in [6.45, 7) is 1.36. The second-order valence-corrected chi connectivity index (χ2v) is 4.19. The normalized spacial score (nSPS) is 10.1. The molecule has 0 aliphatic carbocycles. The Labute approximate surface area is 115 Å². The third kappa shape index (κ3) is 3.00. The molecule has 0 heterocycles. The van der Waals surface area contributed by atoms with Crippen LogP contribution in [0.2, 0.25) is 0 Å². The second-order valence-electron chi connectivity index (χ2n) is 4.19. The van der Waals surface area contributed by atoms with Gasteiger partial charge in [0.2, 0.25) is 5.91 Å². The van der Waals surface area contributed by atoms with Gasteiger partial charge in [-0.1, -0.05) is 0 Å². The van der Waals surface area contributed by atoms with Gasteiger partial charge in [0.25, 0.3) is 0 Å². The molecular formula is C15H12FNO3. The molecule has 0 saturated carbocycles. The number of benzene rings is 2. The zero-order valence-corrected chi connectivity index (χ0v) is 10.7. The van der Waals surface area contributed by atoms with E-state index < -0.39 is 11.7 Å². The zero-order valence-electron chi connectivity index (χ0n) is 10.7. The Morgan fingerprint density at radius 3 is 2.15 bits per heavy atom. The minimum Gasteiger partial charge on any atom is -0.454 e. The van der Waals surface area contributed by atoms with Crippen molar-refractivity contribution < 1.29 is 18.7 Å². The number of nitrogens with two attached hydrogens (primary N) is 1. The van der Waals surface area contributed by atoms with E-state index in [4.69, 9.17) is 10.5 Å². The monoisotopic (exact) mass is 273 g/mol. The molecule has 5 heteroatoms. The maximum atomic E-state index is 13.8. The number of rotatable bonds is 4. The summed E-state index contributed by atoms with van der Waals surface area (Å²) in [5.74, 6) is -1.03. The number of ether oxygens (including phenoxy) is 1. The maximum Gasteiger partial charge on any atom is 0.248 e. The van der Waals surface area contributed by atoms with Crippen molar-refractivity contribution in [2.24, 2.45) is 5.73 Å². The predicted molar refractivity (Wildman–Crippen MR) is 71.4 cm³/mol. The summed E-state index contributed by atoms with van der Waals surface area (Å²) in [4.78, 5) is 22.0. The molecular weight excluding hydrogens is 261 g/mol. The van der Waals surface area contributed by atoms with Crippen LogP contribution in [0.3, 0.4) is 0 Å². The second kappa shape index (κ2) is 5.52. The standard InChI is InChI=1S/C15H12FNO3/c1-9(18)11-4-7-14(13(16)8-11)20-12-5-2-10(3-6-12)15(17)19/h2-8H,1H3,(H2,17,19). The van der Waals surface area contributed by atoms with Crippen LogP contribution in [0.15, 0.2) is 42.5 Å². The summed E-state index contributed by atoms with van der Waals surface area (Å²) in [5, 5.41) is 0. The third-order valence-corrected chi connectivity index (χ3v) is 2.71. The highest BCUT2D eigenvalue weighted by atomic mass is 19.1. The lowest BCUT2D eigenvalue weighted by molar-refractivity contribution is 0.0996. The smallest absolute Gasteiger partial charge is 0.248 e. The van der Waals surface area contributed by atoms with Crippen molar-refractivity contribution in [3.8, 4) is 11.5 Å². The van der Waals surface area contributed by atoms with Gasteiger partial charge >= 0.3 is 0 Å². The molecule has 0 fully saturated rings. The van der Waals surface area contributed by atoms with E-state index in [2.05, 4.69) is 0 Å². The predicted octanol–water partition coefficient (Wildman–Crippen LogP) is 2.92. The van der Waals surface area contributed by atoms with Gasteiger partial charge < -0.3 is 10.5 Å². The number of primary amides is 1. The van der Waals surface area contributed by atoms with Crippen molar-refractivity contribution in [1.82, 2.24) is 0 Å². The fourth-order valence-corrected chi connectivity index (χ4v) is 1.62. The summed E-state index contributed by atoms with van der Waals surface area (Å²) in [5.41, 5.74) is 5.73. The van der Waals surface area contributed by atoms with Crippen molar-refractivity contribution in [1.29, 1.82) is 0 Å². The molecule has 0 atom stereocenters. The van der Waals surface area contributed by atoms with Crippen LogP contribution in [0.25, 0.3) is 0 Å². The van der Waals surface area contributed by atoms with E-state index in [0.29, 0.717) is 11.3 Å². The zero-order chi connectivity index (χ0) is 14.7. The number of hydrogen-bond acceptors (Lipinski definition) is 3. The van der Waals surface area contributed by atoms with Gasteiger partial charge in [0.15, 0.2) is 17.3 Å². The molecule has 0 aromatic heterocycles. The number of carbonyl (C=O) groups excluding carboxylic acids is 2. The van der Waals surface area contributed by atoms with Crippen LogP contribution >= 0.6 is 0 Å². The number of carbonyl (C=O) groups is 2. The van der Waals surface area contributed by atoms with E-state index in [0.717, 1.165) is 6.07 Å². The van der Waals surface area contributed by atoms with Crippen LogP contribution < -0.4 is 10.5 Å². The first-order valence-corrected chi connectivity index (χ1v) is 5.85. The fraction of sp³-hybridized carbons (Fsp3) is 0.0667. The SMILES string of the molecule is CC(=O)c1ccc(Oc2ccc(C(N)=O)cc2)c(F)c1. The Bertz CT molecular complexity index is 665. The van der Waals surface area contributed by atoms with Crippen molar-refractivity contribution >= 4 is 11.7 Å². The molecule has 0 spiro atoms. The third-order valence-electron chi connectivity index (χ3n) is 2.71. The lowest BCUT2D eigenvalue weighted by Crippen LogP contribution is -2.10. The van der Waals surface area contributed by atoms with Crippen molar-refractivity contribution in [3.63, 3.8) is 0 Å². The highest BCUT2D eigenvalue weighted by molar-refractivity contribution is 5.94. The number of halogens is 1. The minimum absolute atomic E-state index is 0.00169. The molecule has 20 heavy (non-hydrogen) atoms. The molecule has 102 valence electrons. The Morgan fingerprint density at radius 1 is 1.05 bits per heavy atom. The van der Waals surface area contributed by atoms with E-state index in [1.807, 2.05) is 0 Å². The van der Waals surface area contributed by atoms with E-state index in [9.17, 15) is 14.0 Å². The lowest BCUT2D eigenvalue weighted by atomic mass is 10.1. The molecule has 0 bridgehead atoms. The maximum absolute atomic E-state index is 13.8. The van der Waals surface area contributed by atoms with Gasteiger partial charge in [-0.3, -0.25) is 9.59 Å². The molecule has 0 aliphatic heterocycles. The van der Waals surface area contributed by atoms with E-state index in [1.54, 1.807) is 0 Å². The molecule has 2 N–H and O–H groups in total.